The quantitative estimate of drug-likeness (QED) is 0.808. The summed E-state index contributed by atoms with van der Waals surface area (Å²) in [4.78, 5) is 15.7. The Balaban J connectivity index is 1.83. The Hall–Kier alpha value is -0.610. The van der Waals surface area contributed by atoms with Gasteiger partial charge in [-0.2, -0.15) is 0 Å². The third-order valence-corrected chi connectivity index (χ3v) is 5.32. The van der Waals surface area contributed by atoms with Crippen LogP contribution < -0.4 is 0 Å². The SMILES string of the molecule is CC(C(=O)O)N1CCN(C2CCCC(C)(C)CC2)CC1. The van der Waals surface area contributed by atoms with E-state index < -0.39 is 5.97 Å². The van der Waals surface area contributed by atoms with Crippen LogP contribution in [0.3, 0.4) is 0 Å². The van der Waals surface area contributed by atoms with E-state index in [0.717, 1.165) is 32.2 Å². The van der Waals surface area contributed by atoms with Gasteiger partial charge in [-0.15, -0.1) is 0 Å². The molecule has 2 rings (SSSR count). The van der Waals surface area contributed by atoms with Crippen molar-refractivity contribution >= 4 is 5.97 Å². The number of piperazine rings is 1. The van der Waals surface area contributed by atoms with E-state index in [9.17, 15) is 4.79 Å². The Labute approximate surface area is 123 Å². The molecule has 0 bridgehead atoms. The summed E-state index contributed by atoms with van der Waals surface area (Å²) in [6, 6.07) is 0.379. The normalized spacial score (nSPS) is 30.6. The maximum Gasteiger partial charge on any atom is 0.320 e. The van der Waals surface area contributed by atoms with Crippen LogP contribution >= 0.6 is 0 Å². The largest absolute Gasteiger partial charge is 0.480 e. The highest BCUT2D eigenvalue weighted by Crippen LogP contribution is 2.35. The van der Waals surface area contributed by atoms with Gasteiger partial charge in [0, 0.05) is 32.2 Å². The lowest BCUT2D eigenvalue weighted by Gasteiger charge is -2.40. The second-order valence-electron chi connectivity index (χ2n) is 7.34. The molecule has 1 saturated carbocycles. The first-order valence-corrected chi connectivity index (χ1v) is 8.10. The second-order valence-corrected chi connectivity index (χ2v) is 7.34. The smallest absolute Gasteiger partial charge is 0.320 e. The predicted molar refractivity (Wildman–Crippen MR) is 80.9 cm³/mol. The minimum absolute atomic E-state index is 0.342. The molecular weight excluding hydrogens is 252 g/mol. The van der Waals surface area contributed by atoms with Gasteiger partial charge in [0.05, 0.1) is 0 Å². The summed E-state index contributed by atoms with van der Waals surface area (Å²) in [6.07, 6.45) is 6.63. The molecule has 0 aromatic carbocycles. The molecule has 2 aliphatic rings. The van der Waals surface area contributed by atoms with Crippen LogP contribution in [-0.2, 0) is 4.79 Å². The molecule has 2 atom stereocenters. The van der Waals surface area contributed by atoms with Gasteiger partial charge in [0.15, 0.2) is 0 Å². The zero-order chi connectivity index (χ0) is 14.8. The maximum absolute atomic E-state index is 11.0. The average molecular weight is 282 g/mol. The molecule has 0 radical (unpaired) electrons. The number of aliphatic carboxylic acids is 1. The predicted octanol–water partition coefficient (Wildman–Crippen LogP) is 2.44. The topological polar surface area (TPSA) is 43.8 Å². The fraction of sp³-hybridized carbons (Fsp3) is 0.938. The lowest BCUT2D eigenvalue weighted by Crippen LogP contribution is -2.54. The Bertz CT molecular complexity index is 335. The van der Waals surface area contributed by atoms with Gasteiger partial charge < -0.3 is 5.11 Å². The van der Waals surface area contributed by atoms with Crippen LogP contribution in [0.15, 0.2) is 0 Å². The van der Waals surface area contributed by atoms with E-state index in [2.05, 4.69) is 23.6 Å². The summed E-state index contributed by atoms with van der Waals surface area (Å²) in [5, 5.41) is 9.09. The lowest BCUT2D eigenvalue weighted by atomic mass is 9.85. The maximum atomic E-state index is 11.0. The number of hydrogen-bond donors (Lipinski definition) is 1. The molecule has 1 N–H and O–H groups in total. The zero-order valence-electron chi connectivity index (χ0n) is 13.3. The molecular formula is C16H30N2O2. The highest BCUT2D eigenvalue weighted by molar-refractivity contribution is 5.72. The van der Waals surface area contributed by atoms with Gasteiger partial charge in [-0.25, -0.2) is 0 Å². The monoisotopic (exact) mass is 282 g/mol. The highest BCUT2D eigenvalue weighted by atomic mass is 16.4. The van der Waals surface area contributed by atoms with Crippen molar-refractivity contribution in [3.05, 3.63) is 0 Å². The standard InChI is InChI=1S/C16H30N2O2/c1-13(15(19)20)17-9-11-18(12-10-17)14-5-4-7-16(2,3)8-6-14/h13-14H,4-12H2,1-3H3,(H,19,20). The van der Waals surface area contributed by atoms with Crippen LogP contribution in [0.25, 0.3) is 0 Å². The fourth-order valence-corrected chi connectivity index (χ4v) is 3.65. The van der Waals surface area contributed by atoms with Crippen molar-refractivity contribution in [1.29, 1.82) is 0 Å². The number of nitrogens with zero attached hydrogens (tertiary/aromatic N) is 2. The number of carboxylic acids is 1. The molecule has 0 aromatic heterocycles. The molecule has 0 spiro atoms. The van der Waals surface area contributed by atoms with Gasteiger partial charge in [-0.1, -0.05) is 20.3 Å². The second kappa shape index (κ2) is 6.44. The van der Waals surface area contributed by atoms with Gasteiger partial charge in [-0.3, -0.25) is 14.6 Å². The zero-order valence-corrected chi connectivity index (χ0v) is 13.3. The van der Waals surface area contributed by atoms with Gasteiger partial charge in [0.1, 0.15) is 6.04 Å². The van der Waals surface area contributed by atoms with E-state index >= 15 is 0 Å². The van der Waals surface area contributed by atoms with Crippen LogP contribution in [0.5, 0.6) is 0 Å². The number of rotatable bonds is 3. The first kappa shape index (κ1) is 15.8. The van der Waals surface area contributed by atoms with E-state index in [0.29, 0.717) is 5.41 Å². The molecule has 4 nitrogen and oxygen atoms in total. The molecule has 0 aromatic rings. The first-order valence-electron chi connectivity index (χ1n) is 8.10. The number of hydrogen-bond acceptors (Lipinski definition) is 3. The Morgan fingerprint density at radius 2 is 1.80 bits per heavy atom. The molecule has 2 fully saturated rings. The van der Waals surface area contributed by atoms with Crippen molar-refractivity contribution in [3.8, 4) is 0 Å². The van der Waals surface area contributed by atoms with E-state index in [1.54, 1.807) is 6.92 Å². The van der Waals surface area contributed by atoms with Crippen LogP contribution in [0.4, 0.5) is 0 Å². The third-order valence-electron chi connectivity index (χ3n) is 5.32. The van der Waals surface area contributed by atoms with Crippen LogP contribution in [-0.4, -0.2) is 59.1 Å². The molecule has 1 aliphatic carbocycles. The molecule has 20 heavy (non-hydrogen) atoms. The van der Waals surface area contributed by atoms with Gasteiger partial charge in [-0.05, 0) is 38.0 Å². The van der Waals surface area contributed by atoms with E-state index in [1.807, 2.05) is 0 Å². The summed E-state index contributed by atoms with van der Waals surface area (Å²) in [6.45, 7) is 10.4. The highest BCUT2D eigenvalue weighted by Gasteiger charge is 2.31. The van der Waals surface area contributed by atoms with E-state index in [1.165, 1.54) is 32.1 Å². The number of carboxylic acid groups (broad SMARTS) is 1. The van der Waals surface area contributed by atoms with Crippen LogP contribution in [0.1, 0.15) is 52.9 Å². The van der Waals surface area contributed by atoms with Crippen molar-refractivity contribution in [2.45, 2.75) is 65.0 Å². The van der Waals surface area contributed by atoms with Crippen molar-refractivity contribution in [3.63, 3.8) is 0 Å². The van der Waals surface area contributed by atoms with Gasteiger partial charge >= 0.3 is 5.97 Å². The minimum atomic E-state index is -0.699. The first-order chi connectivity index (χ1) is 9.39. The Morgan fingerprint density at radius 1 is 1.15 bits per heavy atom. The van der Waals surface area contributed by atoms with Crippen molar-refractivity contribution in [1.82, 2.24) is 9.80 Å². The Kier molecular flexibility index (Phi) is 5.08. The molecule has 2 unspecified atom stereocenters. The van der Waals surface area contributed by atoms with Crippen molar-refractivity contribution in [2.75, 3.05) is 26.2 Å². The van der Waals surface area contributed by atoms with Crippen molar-refractivity contribution in [2.24, 2.45) is 5.41 Å². The molecule has 116 valence electrons. The summed E-state index contributed by atoms with van der Waals surface area (Å²) in [7, 11) is 0. The van der Waals surface area contributed by atoms with Crippen LogP contribution in [0, 0.1) is 5.41 Å². The minimum Gasteiger partial charge on any atom is -0.480 e. The summed E-state index contributed by atoms with van der Waals surface area (Å²) in [5.74, 6) is -0.699. The molecule has 4 heteroatoms. The van der Waals surface area contributed by atoms with Gasteiger partial charge in [0.25, 0.3) is 0 Å². The molecule has 1 heterocycles. The number of carbonyl (C=O) groups is 1. The summed E-state index contributed by atoms with van der Waals surface area (Å²) in [5.41, 5.74) is 0.508. The summed E-state index contributed by atoms with van der Waals surface area (Å²) < 4.78 is 0. The van der Waals surface area contributed by atoms with E-state index in [4.69, 9.17) is 5.11 Å². The Morgan fingerprint density at radius 3 is 2.40 bits per heavy atom. The average Bonchev–Trinajstić information content (AvgIpc) is 2.59. The van der Waals surface area contributed by atoms with Crippen LogP contribution in [0.2, 0.25) is 0 Å². The summed E-state index contributed by atoms with van der Waals surface area (Å²) >= 11 is 0. The van der Waals surface area contributed by atoms with Crippen molar-refractivity contribution < 1.29 is 9.90 Å². The lowest BCUT2D eigenvalue weighted by molar-refractivity contribution is -0.143. The molecule has 0 amide bonds. The molecule has 1 aliphatic heterocycles. The molecule has 1 saturated heterocycles. The van der Waals surface area contributed by atoms with E-state index in [-0.39, 0.29) is 6.04 Å². The third kappa shape index (κ3) is 3.95. The van der Waals surface area contributed by atoms with Gasteiger partial charge in [0.2, 0.25) is 0 Å². The fourth-order valence-electron chi connectivity index (χ4n) is 3.65.